The highest BCUT2D eigenvalue weighted by Gasteiger charge is 2.12. The lowest BCUT2D eigenvalue weighted by Gasteiger charge is -2.03. The summed E-state index contributed by atoms with van der Waals surface area (Å²) in [6, 6.07) is 9.82. The molecule has 0 aliphatic rings. The predicted octanol–water partition coefficient (Wildman–Crippen LogP) is 1.73. The van der Waals surface area contributed by atoms with Crippen LogP contribution in [0.4, 0.5) is 0 Å². The first-order valence-corrected chi connectivity index (χ1v) is 7.55. The van der Waals surface area contributed by atoms with Crippen LogP contribution in [0, 0.1) is 0 Å². The summed E-state index contributed by atoms with van der Waals surface area (Å²) >= 11 is 1.47. The topological polar surface area (TPSA) is 78.0 Å². The highest BCUT2D eigenvalue weighted by Crippen LogP contribution is 2.30. The number of hydrogen-bond acceptors (Lipinski definition) is 5. The summed E-state index contributed by atoms with van der Waals surface area (Å²) < 4.78 is 0. The number of thiophene rings is 1. The Bertz CT molecular complexity index is 796. The van der Waals surface area contributed by atoms with E-state index in [0.29, 0.717) is 24.3 Å². The van der Waals surface area contributed by atoms with Crippen molar-refractivity contribution in [2.45, 2.75) is 6.54 Å². The molecule has 0 saturated carbocycles. The number of H-pyrrole nitrogens is 1. The molecule has 3 N–H and O–H groups in total. The molecule has 21 heavy (non-hydrogen) atoms. The minimum Gasteiger partial charge on any atom is -0.395 e. The molecule has 108 valence electrons. The third-order valence-electron chi connectivity index (χ3n) is 3.16. The van der Waals surface area contributed by atoms with Gasteiger partial charge in [-0.2, -0.15) is 0 Å². The quantitative estimate of drug-likeness (QED) is 0.627. The van der Waals surface area contributed by atoms with Crippen LogP contribution in [0.3, 0.4) is 0 Å². The predicted molar refractivity (Wildman–Crippen MR) is 84.5 cm³/mol. The van der Waals surface area contributed by atoms with Gasteiger partial charge in [-0.05, 0) is 5.56 Å². The van der Waals surface area contributed by atoms with Crippen LogP contribution in [0.25, 0.3) is 21.3 Å². The van der Waals surface area contributed by atoms with E-state index in [9.17, 15) is 4.79 Å². The summed E-state index contributed by atoms with van der Waals surface area (Å²) in [5, 5.41) is 14.4. The molecule has 0 aliphatic carbocycles. The lowest BCUT2D eigenvalue weighted by Crippen LogP contribution is -2.21. The maximum atomic E-state index is 12.3. The zero-order chi connectivity index (χ0) is 14.7. The first kappa shape index (κ1) is 13.9. The molecule has 0 saturated heterocycles. The van der Waals surface area contributed by atoms with Crippen molar-refractivity contribution in [3.05, 3.63) is 51.9 Å². The molecule has 3 rings (SSSR count). The molecule has 5 nitrogen and oxygen atoms in total. The average molecular weight is 301 g/mol. The molecule has 0 fully saturated rings. The molecule has 0 radical (unpaired) electrons. The van der Waals surface area contributed by atoms with Crippen LogP contribution in [-0.2, 0) is 6.54 Å². The van der Waals surface area contributed by atoms with Gasteiger partial charge in [-0.3, -0.25) is 4.79 Å². The second-order valence-electron chi connectivity index (χ2n) is 4.61. The van der Waals surface area contributed by atoms with Crippen molar-refractivity contribution in [1.29, 1.82) is 0 Å². The Hall–Kier alpha value is -2.02. The van der Waals surface area contributed by atoms with Crippen LogP contribution in [0.1, 0.15) is 5.82 Å². The summed E-state index contributed by atoms with van der Waals surface area (Å²) in [7, 11) is 0. The zero-order valence-electron chi connectivity index (χ0n) is 11.3. The van der Waals surface area contributed by atoms with Gasteiger partial charge in [0.15, 0.2) is 0 Å². The van der Waals surface area contributed by atoms with Crippen molar-refractivity contribution in [3.63, 3.8) is 0 Å². The van der Waals surface area contributed by atoms with Gasteiger partial charge in [0.05, 0.1) is 18.5 Å². The molecule has 0 atom stereocenters. The largest absolute Gasteiger partial charge is 0.395 e. The summed E-state index contributed by atoms with van der Waals surface area (Å²) in [5.41, 5.74) is 1.81. The van der Waals surface area contributed by atoms with Crippen LogP contribution in [-0.4, -0.2) is 28.2 Å². The van der Waals surface area contributed by atoms with E-state index in [-0.39, 0.29) is 12.2 Å². The summed E-state index contributed by atoms with van der Waals surface area (Å²) in [4.78, 5) is 20.3. The van der Waals surface area contributed by atoms with E-state index in [1.807, 2.05) is 35.7 Å². The van der Waals surface area contributed by atoms with E-state index in [0.717, 1.165) is 16.0 Å². The number of aliphatic hydroxyl groups excluding tert-OH is 1. The Kier molecular flexibility index (Phi) is 4.10. The molecule has 6 heteroatoms. The Morgan fingerprint density at radius 1 is 1.29 bits per heavy atom. The van der Waals surface area contributed by atoms with E-state index in [2.05, 4.69) is 15.3 Å². The van der Waals surface area contributed by atoms with Crippen LogP contribution < -0.4 is 10.9 Å². The summed E-state index contributed by atoms with van der Waals surface area (Å²) in [5.74, 6) is 0.586. The van der Waals surface area contributed by atoms with Crippen molar-refractivity contribution in [1.82, 2.24) is 15.3 Å². The first-order valence-electron chi connectivity index (χ1n) is 6.67. The van der Waals surface area contributed by atoms with E-state index in [1.165, 1.54) is 11.3 Å². The number of aromatic nitrogens is 2. The number of nitrogens with one attached hydrogen (secondary N) is 2. The van der Waals surface area contributed by atoms with Crippen LogP contribution in [0.5, 0.6) is 0 Å². The monoisotopic (exact) mass is 301 g/mol. The van der Waals surface area contributed by atoms with Crippen LogP contribution in [0.2, 0.25) is 0 Å². The highest BCUT2D eigenvalue weighted by molar-refractivity contribution is 7.17. The Balaban J connectivity index is 2.02. The highest BCUT2D eigenvalue weighted by atomic mass is 32.1. The van der Waals surface area contributed by atoms with Gasteiger partial charge < -0.3 is 15.4 Å². The second kappa shape index (κ2) is 6.17. The Morgan fingerprint density at radius 3 is 2.86 bits per heavy atom. The third-order valence-corrected chi connectivity index (χ3v) is 4.03. The van der Waals surface area contributed by atoms with Crippen molar-refractivity contribution < 1.29 is 5.11 Å². The molecular weight excluding hydrogens is 286 g/mol. The number of nitrogens with zero attached hydrogens (tertiary/aromatic N) is 1. The minimum atomic E-state index is -0.124. The standard InChI is InChI=1S/C15H15N3O2S/c19-7-6-16-8-12-17-14(20)13-11(9-21-15(13)18-12)10-4-2-1-3-5-10/h1-5,9,16,19H,6-8H2,(H,17,18,20). The van der Waals surface area contributed by atoms with Crippen molar-refractivity contribution in [2.75, 3.05) is 13.2 Å². The van der Waals surface area contributed by atoms with Gasteiger partial charge >= 0.3 is 0 Å². The first-order chi connectivity index (χ1) is 10.3. The van der Waals surface area contributed by atoms with Gasteiger partial charge in [-0.1, -0.05) is 30.3 Å². The summed E-state index contributed by atoms with van der Waals surface area (Å²) in [6.45, 7) is 0.968. The van der Waals surface area contributed by atoms with Crippen molar-refractivity contribution in [2.24, 2.45) is 0 Å². The molecular formula is C15H15N3O2S. The average Bonchev–Trinajstić information content (AvgIpc) is 2.93. The van der Waals surface area contributed by atoms with E-state index < -0.39 is 0 Å². The van der Waals surface area contributed by atoms with Gasteiger partial charge in [0.2, 0.25) is 0 Å². The fourth-order valence-electron chi connectivity index (χ4n) is 2.19. The molecule has 2 aromatic heterocycles. The molecule has 3 aromatic rings. The van der Waals surface area contributed by atoms with Gasteiger partial charge in [0.25, 0.3) is 5.56 Å². The van der Waals surface area contributed by atoms with Crippen molar-refractivity contribution in [3.8, 4) is 11.1 Å². The number of rotatable bonds is 5. The number of fused-ring (bicyclic) bond motifs is 1. The molecule has 0 unspecified atom stereocenters. The van der Waals surface area contributed by atoms with E-state index >= 15 is 0 Å². The Morgan fingerprint density at radius 2 is 2.10 bits per heavy atom. The molecule has 0 aliphatic heterocycles. The van der Waals surface area contributed by atoms with Crippen LogP contribution in [0.15, 0.2) is 40.5 Å². The Labute approximate surface area is 125 Å². The molecule has 0 amide bonds. The van der Waals surface area contributed by atoms with Gasteiger partial charge in [0, 0.05) is 17.5 Å². The maximum Gasteiger partial charge on any atom is 0.260 e. The van der Waals surface area contributed by atoms with Gasteiger partial charge in [-0.15, -0.1) is 11.3 Å². The molecule has 0 spiro atoms. The fraction of sp³-hybridized carbons (Fsp3) is 0.200. The lowest BCUT2D eigenvalue weighted by molar-refractivity contribution is 0.291. The number of hydrogen-bond donors (Lipinski definition) is 3. The number of aliphatic hydroxyl groups is 1. The molecule has 0 bridgehead atoms. The summed E-state index contributed by atoms with van der Waals surface area (Å²) in [6.07, 6.45) is 0. The fourth-order valence-corrected chi connectivity index (χ4v) is 3.16. The normalized spacial score (nSPS) is 11.1. The van der Waals surface area contributed by atoms with Crippen molar-refractivity contribution >= 4 is 21.6 Å². The lowest BCUT2D eigenvalue weighted by atomic mass is 10.1. The van der Waals surface area contributed by atoms with Gasteiger partial charge in [0.1, 0.15) is 10.7 Å². The maximum absolute atomic E-state index is 12.3. The van der Waals surface area contributed by atoms with Gasteiger partial charge in [-0.25, -0.2) is 4.98 Å². The minimum absolute atomic E-state index is 0.0592. The SMILES string of the molecule is O=c1[nH]c(CNCCO)nc2scc(-c3ccccc3)c12. The number of benzene rings is 1. The smallest absolute Gasteiger partial charge is 0.260 e. The van der Waals surface area contributed by atoms with E-state index in [4.69, 9.17) is 5.11 Å². The van der Waals surface area contributed by atoms with E-state index in [1.54, 1.807) is 0 Å². The number of aromatic amines is 1. The third kappa shape index (κ3) is 2.87. The van der Waals surface area contributed by atoms with Crippen LogP contribution >= 0.6 is 11.3 Å². The molecule has 2 heterocycles. The zero-order valence-corrected chi connectivity index (χ0v) is 12.1. The second-order valence-corrected chi connectivity index (χ2v) is 5.47. The molecule has 1 aromatic carbocycles.